The van der Waals surface area contributed by atoms with Crippen LogP contribution in [0.4, 0.5) is 0 Å². The molecule has 10 heteroatoms. The van der Waals surface area contributed by atoms with Gasteiger partial charge in [-0.25, -0.2) is 4.57 Å². The summed E-state index contributed by atoms with van der Waals surface area (Å²) in [6, 6.07) is 0. The topological polar surface area (TPSA) is 108 Å². The van der Waals surface area contributed by atoms with Gasteiger partial charge in [0.05, 0.1) is 27.7 Å². The highest BCUT2D eigenvalue weighted by Gasteiger charge is 2.27. The van der Waals surface area contributed by atoms with Crippen molar-refractivity contribution in [1.29, 1.82) is 0 Å². The van der Waals surface area contributed by atoms with Crippen LogP contribution >= 0.6 is 7.82 Å². The summed E-state index contributed by atoms with van der Waals surface area (Å²) in [6.07, 6.45) is 40.6. The molecule has 0 rings (SSSR count). The van der Waals surface area contributed by atoms with E-state index in [0.29, 0.717) is 17.4 Å². The summed E-state index contributed by atoms with van der Waals surface area (Å²) in [5, 5.41) is 0. The van der Waals surface area contributed by atoms with Gasteiger partial charge in [0.2, 0.25) is 0 Å². The third-order valence-corrected chi connectivity index (χ3v) is 11.6. The Kier molecular flexibility index (Phi) is 38.8. The lowest BCUT2D eigenvalue weighted by molar-refractivity contribution is -0.870. The molecule has 0 aromatic rings. The van der Waals surface area contributed by atoms with E-state index in [9.17, 15) is 19.0 Å². The average molecular weight is 819 g/mol. The Morgan fingerprint density at radius 2 is 0.804 bits per heavy atom. The third kappa shape index (κ3) is 42.6. The maximum absolute atomic E-state index is 12.7. The second-order valence-corrected chi connectivity index (χ2v) is 19.0. The van der Waals surface area contributed by atoms with E-state index < -0.39 is 26.5 Å². The molecular weight excluding hydrogens is 725 g/mol. The lowest BCUT2D eigenvalue weighted by Crippen LogP contribution is -2.37. The molecule has 0 aliphatic heterocycles. The highest BCUT2D eigenvalue weighted by atomic mass is 31.2. The number of unbranched alkanes of at least 4 members (excludes halogenated alkanes) is 30. The number of ether oxygens (including phenoxy) is 2. The lowest BCUT2D eigenvalue weighted by Gasteiger charge is -2.24. The van der Waals surface area contributed by atoms with Gasteiger partial charge in [-0.2, -0.15) is 0 Å². The number of carbonyl (C=O) groups excluding carboxylic acids is 2. The maximum atomic E-state index is 12.7. The van der Waals surface area contributed by atoms with Gasteiger partial charge in [-0.05, 0) is 12.8 Å². The van der Waals surface area contributed by atoms with Crippen LogP contribution in [-0.4, -0.2) is 74.9 Å². The first-order valence-corrected chi connectivity index (χ1v) is 25.3. The maximum Gasteiger partial charge on any atom is 0.472 e. The van der Waals surface area contributed by atoms with Gasteiger partial charge in [0.1, 0.15) is 19.8 Å². The van der Waals surface area contributed by atoms with Gasteiger partial charge in [0, 0.05) is 12.8 Å². The van der Waals surface area contributed by atoms with Crippen molar-refractivity contribution in [3.8, 4) is 0 Å². The van der Waals surface area contributed by atoms with E-state index in [4.69, 9.17) is 18.5 Å². The van der Waals surface area contributed by atoms with Crippen molar-refractivity contribution < 1.29 is 42.1 Å². The zero-order chi connectivity index (χ0) is 41.4. The molecule has 0 aliphatic rings. The molecule has 1 N–H and O–H groups in total. The fraction of sp³-hybridized carbons (Fsp3) is 0.957. The summed E-state index contributed by atoms with van der Waals surface area (Å²) in [6.45, 7) is 4.39. The van der Waals surface area contributed by atoms with Gasteiger partial charge in [-0.15, -0.1) is 0 Å². The zero-order valence-corrected chi connectivity index (χ0v) is 38.5. The highest BCUT2D eigenvalue weighted by Crippen LogP contribution is 2.43. The summed E-state index contributed by atoms with van der Waals surface area (Å²) in [7, 11) is 1.49. The van der Waals surface area contributed by atoms with Crippen molar-refractivity contribution >= 4 is 19.8 Å². The molecule has 334 valence electrons. The number of hydrogen-bond donors (Lipinski definition) is 1. The number of rotatable bonds is 44. The molecule has 0 saturated carbocycles. The lowest BCUT2D eigenvalue weighted by atomic mass is 10.0. The molecule has 0 aromatic heterocycles. The number of nitrogens with zero attached hydrogens (tertiary/aromatic N) is 1. The fourth-order valence-corrected chi connectivity index (χ4v) is 7.64. The van der Waals surface area contributed by atoms with Crippen LogP contribution in [0.3, 0.4) is 0 Å². The first-order chi connectivity index (χ1) is 27.0. The van der Waals surface area contributed by atoms with Gasteiger partial charge in [-0.3, -0.25) is 18.6 Å². The molecular formula is C46H93NO8P+. The number of hydrogen-bond acceptors (Lipinski definition) is 7. The van der Waals surface area contributed by atoms with Crippen LogP contribution in [0.15, 0.2) is 0 Å². The molecule has 0 heterocycles. The fourth-order valence-electron chi connectivity index (χ4n) is 6.90. The Morgan fingerprint density at radius 3 is 1.14 bits per heavy atom. The van der Waals surface area contributed by atoms with Crippen molar-refractivity contribution in [2.24, 2.45) is 0 Å². The van der Waals surface area contributed by atoms with E-state index in [1.165, 1.54) is 167 Å². The first-order valence-electron chi connectivity index (χ1n) is 23.8. The molecule has 2 unspecified atom stereocenters. The number of likely N-dealkylation sites (N-methyl/N-ethyl adjacent to an activating group) is 1. The van der Waals surface area contributed by atoms with Gasteiger partial charge < -0.3 is 18.9 Å². The molecule has 9 nitrogen and oxygen atoms in total. The Morgan fingerprint density at radius 1 is 0.482 bits per heavy atom. The van der Waals surface area contributed by atoms with Crippen LogP contribution in [-0.2, 0) is 32.7 Å². The Balaban J connectivity index is 3.97. The second kappa shape index (κ2) is 39.5. The molecule has 0 saturated heterocycles. The predicted octanol–water partition coefficient (Wildman–Crippen LogP) is 13.6. The quantitative estimate of drug-likeness (QED) is 0.0280. The SMILES string of the molecule is CCCCCCCCCCCCCCCCCCCCCCCCCCCCC(=O)OC(COC(=O)CCCCCCCC)COP(=O)(O)OCC[N+](C)(C)C. The summed E-state index contributed by atoms with van der Waals surface area (Å²) < 4.78 is 34.2. The van der Waals surface area contributed by atoms with Gasteiger partial charge in [-0.1, -0.05) is 206 Å². The summed E-state index contributed by atoms with van der Waals surface area (Å²) >= 11 is 0. The summed E-state index contributed by atoms with van der Waals surface area (Å²) in [5.74, 6) is -0.794. The number of phosphoric ester groups is 1. The van der Waals surface area contributed by atoms with Crippen molar-refractivity contribution in [3.63, 3.8) is 0 Å². The monoisotopic (exact) mass is 819 g/mol. The predicted molar refractivity (Wildman–Crippen MR) is 234 cm³/mol. The molecule has 0 amide bonds. The van der Waals surface area contributed by atoms with Crippen molar-refractivity contribution in [3.05, 3.63) is 0 Å². The smallest absolute Gasteiger partial charge is 0.462 e. The standard InChI is InChI=1S/C46H92NO8P/c1-6-8-10-12-14-15-16-17-18-19-20-21-22-23-24-25-26-27-28-29-30-31-32-33-35-37-39-46(49)55-44(42-52-45(48)38-36-34-13-11-9-7-2)43-54-56(50,51)53-41-40-47(3,4)5/h44H,6-43H2,1-5H3/p+1. The average Bonchev–Trinajstić information content (AvgIpc) is 3.15. The summed E-state index contributed by atoms with van der Waals surface area (Å²) in [5.41, 5.74) is 0. The first kappa shape index (κ1) is 55.0. The van der Waals surface area contributed by atoms with Crippen LogP contribution < -0.4 is 0 Å². The zero-order valence-electron chi connectivity index (χ0n) is 37.6. The minimum atomic E-state index is -4.36. The van der Waals surface area contributed by atoms with E-state index in [1.807, 2.05) is 21.1 Å². The van der Waals surface area contributed by atoms with Crippen molar-refractivity contribution in [2.45, 2.75) is 238 Å². The van der Waals surface area contributed by atoms with Gasteiger partial charge in [0.15, 0.2) is 6.10 Å². The second-order valence-electron chi connectivity index (χ2n) is 17.5. The Hall–Kier alpha value is -0.990. The van der Waals surface area contributed by atoms with E-state index in [1.54, 1.807) is 0 Å². The van der Waals surface area contributed by atoms with Crippen molar-refractivity contribution in [2.75, 3.05) is 47.5 Å². The van der Waals surface area contributed by atoms with Gasteiger partial charge in [0.25, 0.3) is 0 Å². The highest BCUT2D eigenvalue weighted by molar-refractivity contribution is 7.47. The van der Waals surface area contributed by atoms with Crippen LogP contribution in [0.5, 0.6) is 0 Å². The molecule has 0 spiro atoms. The minimum Gasteiger partial charge on any atom is -0.462 e. The largest absolute Gasteiger partial charge is 0.472 e. The van der Waals surface area contributed by atoms with E-state index in [2.05, 4.69) is 13.8 Å². The van der Waals surface area contributed by atoms with E-state index in [0.717, 1.165) is 38.5 Å². The molecule has 0 aromatic carbocycles. The molecule has 0 aliphatic carbocycles. The molecule has 0 bridgehead atoms. The van der Waals surface area contributed by atoms with Crippen LogP contribution in [0.25, 0.3) is 0 Å². The molecule has 2 atom stereocenters. The van der Waals surface area contributed by atoms with E-state index >= 15 is 0 Å². The van der Waals surface area contributed by atoms with E-state index in [-0.39, 0.29) is 25.6 Å². The van der Waals surface area contributed by atoms with Crippen molar-refractivity contribution in [1.82, 2.24) is 0 Å². The Bertz CT molecular complexity index is 927. The normalized spacial score (nSPS) is 13.5. The van der Waals surface area contributed by atoms with Crippen LogP contribution in [0.2, 0.25) is 0 Å². The molecule has 0 fully saturated rings. The molecule has 56 heavy (non-hydrogen) atoms. The minimum absolute atomic E-state index is 0.0363. The van der Waals surface area contributed by atoms with Crippen LogP contribution in [0, 0.1) is 0 Å². The summed E-state index contributed by atoms with van der Waals surface area (Å²) in [4.78, 5) is 35.1. The molecule has 0 radical (unpaired) electrons. The third-order valence-electron chi connectivity index (χ3n) is 10.6. The number of phosphoric acid groups is 1. The Labute approximate surface area is 346 Å². The van der Waals surface area contributed by atoms with Crippen LogP contribution in [0.1, 0.15) is 232 Å². The number of esters is 2. The van der Waals surface area contributed by atoms with Gasteiger partial charge >= 0.3 is 19.8 Å². The number of quaternary nitrogens is 1. The number of carbonyl (C=O) groups is 2.